The highest BCUT2D eigenvalue weighted by molar-refractivity contribution is 5.84. The molecule has 6 heteroatoms. The van der Waals surface area contributed by atoms with Crippen LogP contribution in [0.4, 0.5) is 5.82 Å². The van der Waals surface area contributed by atoms with Gasteiger partial charge in [0.05, 0.1) is 18.5 Å². The first kappa shape index (κ1) is 16.9. The summed E-state index contributed by atoms with van der Waals surface area (Å²) in [6.45, 7) is 6.67. The van der Waals surface area contributed by atoms with Crippen molar-refractivity contribution in [3.63, 3.8) is 0 Å². The van der Waals surface area contributed by atoms with Gasteiger partial charge in [-0.25, -0.2) is 14.8 Å². The van der Waals surface area contributed by atoms with Gasteiger partial charge in [-0.2, -0.15) is 0 Å². The molecule has 1 atom stereocenters. The zero-order chi connectivity index (χ0) is 17.0. The minimum absolute atomic E-state index is 0.0726. The normalized spacial score (nSPS) is 12.7. The van der Waals surface area contributed by atoms with Gasteiger partial charge in [-0.05, 0) is 16.5 Å². The molecule has 2 aromatic rings. The van der Waals surface area contributed by atoms with E-state index in [0.29, 0.717) is 5.82 Å². The average Bonchev–Trinajstić information content (AvgIpc) is 2.52. The molecule has 1 unspecified atom stereocenters. The summed E-state index contributed by atoms with van der Waals surface area (Å²) in [7, 11) is 0. The van der Waals surface area contributed by atoms with Gasteiger partial charge in [0.25, 0.3) is 0 Å². The smallest absolute Gasteiger partial charge is 0.356 e. The van der Waals surface area contributed by atoms with Gasteiger partial charge in [0.1, 0.15) is 5.82 Å². The van der Waals surface area contributed by atoms with Gasteiger partial charge < -0.3 is 15.5 Å². The van der Waals surface area contributed by atoms with Crippen molar-refractivity contribution in [2.24, 2.45) is 0 Å². The SMILES string of the molecule is CC(C)(C)c1ccc(C(O)CNc2cnc(C(=O)O)cn2)cc1. The number of aliphatic hydroxyl groups excluding tert-OH is 1. The molecule has 0 aliphatic carbocycles. The van der Waals surface area contributed by atoms with Crippen LogP contribution in [-0.2, 0) is 5.41 Å². The Hall–Kier alpha value is -2.47. The van der Waals surface area contributed by atoms with Crippen LogP contribution in [0.3, 0.4) is 0 Å². The topological polar surface area (TPSA) is 95.3 Å². The van der Waals surface area contributed by atoms with E-state index in [0.717, 1.165) is 5.56 Å². The van der Waals surface area contributed by atoms with E-state index in [-0.39, 0.29) is 17.7 Å². The Morgan fingerprint density at radius 1 is 1.17 bits per heavy atom. The number of nitrogens with one attached hydrogen (secondary N) is 1. The number of anilines is 1. The van der Waals surface area contributed by atoms with Crippen molar-refractivity contribution >= 4 is 11.8 Å². The van der Waals surface area contributed by atoms with Gasteiger partial charge in [0, 0.05) is 6.54 Å². The predicted octanol–water partition coefficient (Wildman–Crippen LogP) is 2.62. The highest BCUT2D eigenvalue weighted by Gasteiger charge is 2.14. The van der Waals surface area contributed by atoms with E-state index in [9.17, 15) is 9.90 Å². The van der Waals surface area contributed by atoms with Crippen LogP contribution in [0.25, 0.3) is 0 Å². The zero-order valence-corrected chi connectivity index (χ0v) is 13.4. The third-order valence-electron chi connectivity index (χ3n) is 3.51. The number of rotatable bonds is 5. The van der Waals surface area contributed by atoms with Gasteiger partial charge in [-0.1, -0.05) is 45.0 Å². The third-order valence-corrected chi connectivity index (χ3v) is 3.51. The Morgan fingerprint density at radius 3 is 2.30 bits per heavy atom. The summed E-state index contributed by atoms with van der Waals surface area (Å²) in [5.74, 6) is -0.705. The van der Waals surface area contributed by atoms with Crippen LogP contribution in [0.5, 0.6) is 0 Å². The van der Waals surface area contributed by atoms with Crippen LogP contribution in [-0.4, -0.2) is 32.7 Å². The number of aromatic carboxylic acids is 1. The van der Waals surface area contributed by atoms with E-state index in [1.807, 2.05) is 24.3 Å². The van der Waals surface area contributed by atoms with Crippen LogP contribution in [0.15, 0.2) is 36.7 Å². The van der Waals surface area contributed by atoms with E-state index in [2.05, 4.69) is 36.1 Å². The molecule has 122 valence electrons. The molecule has 1 aromatic heterocycles. The van der Waals surface area contributed by atoms with Crippen LogP contribution in [0.1, 0.15) is 48.5 Å². The average molecular weight is 315 g/mol. The Morgan fingerprint density at radius 2 is 1.83 bits per heavy atom. The van der Waals surface area contributed by atoms with E-state index < -0.39 is 12.1 Å². The van der Waals surface area contributed by atoms with Gasteiger partial charge in [-0.15, -0.1) is 0 Å². The van der Waals surface area contributed by atoms with Crippen molar-refractivity contribution < 1.29 is 15.0 Å². The Bertz CT molecular complexity index is 661. The maximum atomic E-state index is 10.7. The lowest BCUT2D eigenvalue weighted by Gasteiger charge is -2.20. The number of aromatic nitrogens is 2. The molecule has 0 amide bonds. The Labute approximate surface area is 135 Å². The molecule has 0 bridgehead atoms. The molecule has 1 heterocycles. The Kier molecular flexibility index (Phi) is 4.95. The molecule has 0 saturated heterocycles. The molecule has 3 N–H and O–H groups in total. The molecule has 0 radical (unpaired) electrons. The standard InChI is InChI=1S/C17H21N3O3/c1-17(2,3)12-6-4-11(5-7-12)14(21)9-20-15-10-18-13(8-19-15)16(22)23/h4-8,10,14,21H,9H2,1-3H3,(H,19,20)(H,22,23). The Balaban J connectivity index is 1.96. The van der Waals surface area contributed by atoms with Crippen molar-refractivity contribution in [2.75, 3.05) is 11.9 Å². The monoisotopic (exact) mass is 315 g/mol. The molecule has 23 heavy (non-hydrogen) atoms. The van der Waals surface area contributed by atoms with Crippen LogP contribution in [0.2, 0.25) is 0 Å². The number of aliphatic hydroxyl groups is 1. The first-order chi connectivity index (χ1) is 10.8. The second-order valence-electron chi connectivity index (χ2n) is 6.36. The van der Waals surface area contributed by atoms with Crippen LogP contribution in [0, 0.1) is 0 Å². The largest absolute Gasteiger partial charge is 0.476 e. The van der Waals surface area contributed by atoms with Crippen molar-refractivity contribution in [2.45, 2.75) is 32.3 Å². The lowest BCUT2D eigenvalue weighted by atomic mass is 9.86. The lowest BCUT2D eigenvalue weighted by Crippen LogP contribution is -2.15. The summed E-state index contributed by atoms with van der Waals surface area (Å²) in [5, 5.41) is 21.9. The predicted molar refractivity (Wildman–Crippen MR) is 87.6 cm³/mol. The fourth-order valence-corrected chi connectivity index (χ4v) is 2.05. The summed E-state index contributed by atoms with van der Waals surface area (Å²) < 4.78 is 0. The maximum absolute atomic E-state index is 10.7. The first-order valence-corrected chi connectivity index (χ1v) is 7.35. The van der Waals surface area contributed by atoms with Crippen molar-refractivity contribution in [1.82, 2.24) is 9.97 Å². The van der Waals surface area contributed by atoms with Crippen molar-refractivity contribution in [3.8, 4) is 0 Å². The minimum atomic E-state index is -1.12. The molecule has 0 spiro atoms. The van der Waals surface area contributed by atoms with Gasteiger partial charge in [0.15, 0.2) is 5.69 Å². The summed E-state index contributed by atoms with van der Waals surface area (Å²) in [5.41, 5.74) is 1.97. The van der Waals surface area contributed by atoms with E-state index in [4.69, 9.17) is 5.11 Å². The maximum Gasteiger partial charge on any atom is 0.356 e. The fraction of sp³-hybridized carbons (Fsp3) is 0.353. The summed E-state index contributed by atoms with van der Waals surface area (Å²) in [4.78, 5) is 18.4. The molecular formula is C17H21N3O3. The third kappa shape index (κ3) is 4.50. The van der Waals surface area contributed by atoms with Crippen molar-refractivity contribution in [3.05, 3.63) is 53.5 Å². The fourth-order valence-electron chi connectivity index (χ4n) is 2.05. The van der Waals surface area contributed by atoms with Gasteiger partial charge >= 0.3 is 5.97 Å². The number of nitrogens with zero attached hydrogens (tertiary/aromatic N) is 2. The van der Waals surface area contributed by atoms with Crippen LogP contribution < -0.4 is 5.32 Å². The van der Waals surface area contributed by atoms with Gasteiger partial charge in [0.2, 0.25) is 0 Å². The van der Waals surface area contributed by atoms with Gasteiger partial charge in [-0.3, -0.25) is 0 Å². The molecule has 0 fully saturated rings. The molecule has 0 saturated carbocycles. The number of carboxylic acid groups (broad SMARTS) is 1. The molecule has 6 nitrogen and oxygen atoms in total. The van der Waals surface area contributed by atoms with E-state index in [1.165, 1.54) is 18.0 Å². The number of hydrogen-bond acceptors (Lipinski definition) is 5. The molecule has 1 aromatic carbocycles. The van der Waals surface area contributed by atoms with Crippen LogP contribution >= 0.6 is 0 Å². The molecule has 0 aliphatic heterocycles. The molecule has 0 aliphatic rings. The molecule has 2 rings (SSSR count). The first-order valence-electron chi connectivity index (χ1n) is 7.35. The highest BCUT2D eigenvalue weighted by Crippen LogP contribution is 2.24. The zero-order valence-electron chi connectivity index (χ0n) is 13.4. The number of hydrogen-bond donors (Lipinski definition) is 3. The number of carboxylic acids is 1. The van der Waals surface area contributed by atoms with Crippen molar-refractivity contribution in [1.29, 1.82) is 0 Å². The second kappa shape index (κ2) is 6.75. The summed E-state index contributed by atoms with van der Waals surface area (Å²) >= 11 is 0. The number of benzene rings is 1. The van der Waals surface area contributed by atoms with E-state index >= 15 is 0 Å². The minimum Gasteiger partial charge on any atom is -0.476 e. The lowest BCUT2D eigenvalue weighted by molar-refractivity contribution is 0.0690. The number of carbonyl (C=O) groups is 1. The summed E-state index contributed by atoms with van der Waals surface area (Å²) in [6, 6.07) is 7.85. The highest BCUT2D eigenvalue weighted by atomic mass is 16.4. The second-order valence-corrected chi connectivity index (χ2v) is 6.36. The summed E-state index contributed by atoms with van der Waals surface area (Å²) in [6.07, 6.45) is 1.82. The van der Waals surface area contributed by atoms with E-state index in [1.54, 1.807) is 0 Å². The molecular weight excluding hydrogens is 294 g/mol. The quantitative estimate of drug-likeness (QED) is 0.785.